The molecule has 0 N–H and O–H groups in total. The van der Waals surface area contributed by atoms with E-state index >= 15 is 0 Å². The van der Waals surface area contributed by atoms with Gasteiger partial charge in [0.25, 0.3) is 5.69 Å². The van der Waals surface area contributed by atoms with Crippen LogP contribution >= 0.6 is 0 Å². The van der Waals surface area contributed by atoms with Gasteiger partial charge in [0.05, 0.1) is 4.92 Å². The number of hydrogen-bond donors (Lipinski definition) is 0. The molecule has 1 aliphatic rings. The SMILES string of the molecule is Cc1c(C2CC2)ccc([N+](=O)[O-])c1C. The summed E-state index contributed by atoms with van der Waals surface area (Å²) in [5, 5.41) is 10.7. The minimum atomic E-state index is -0.307. The molecule has 14 heavy (non-hydrogen) atoms. The summed E-state index contributed by atoms with van der Waals surface area (Å²) in [5.74, 6) is 0.662. The molecule has 1 aliphatic carbocycles. The third-order valence-electron chi connectivity index (χ3n) is 3.01. The zero-order valence-corrected chi connectivity index (χ0v) is 8.41. The molecule has 0 amide bonds. The Morgan fingerprint density at radius 3 is 2.43 bits per heavy atom. The van der Waals surface area contributed by atoms with Crippen LogP contribution in [0.15, 0.2) is 12.1 Å². The highest BCUT2D eigenvalue weighted by atomic mass is 16.6. The van der Waals surface area contributed by atoms with Crippen molar-refractivity contribution >= 4 is 5.69 Å². The molecular formula is C11H13NO2. The Morgan fingerprint density at radius 1 is 1.29 bits per heavy atom. The van der Waals surface area contributed by atoms with Crippen molar-refractivity contribution in [3.05, 3.63) is 38.9 Å². The average Bonchev–Trinajstić information content (AvgIpc) is 2.92. The van der Waals surface area contributed by atoms with Gasteiger partial charge in [-0.15, -0.1) is 0 Å². The highest BCUT2D eigenvalue weighted by Crippen LogP contribution is 2.43. The van der Waals surface area contributed by atoms with E-state index in [0.29, 0.717) is 5.92 Å². The van der Waals surface area contributed by atoms with Crippen molar-refractivity contribution in [1.29, 1.82) is 0 Å². The standard InChI is InChI=1S/C11H13NO2/c1-7-8(2)11(12(13)14)6-5-10(7)9-3-4-9/h5-6,9H,3-4H2,1-2H3. The third kappa shape index (κ3) is 1.39. The summed E-state index contributed by atoms with van der Waals surface area (Å²) >= 11 is 0. The summed E-state index contributed by atoms with van der Waals surface area (Å²) in [6.45, 7) is 3.81. The highest BCUT2D eigenvalue weighted by Gasteiger charge is 2.27. The van der Waals surface area contributed by atoms with E-state index in [2.05, 4.69) is 0 Å². The molecule has 0 bridgehead atoms. The van der Waals surface area contributed by atoms with Gasteiger partial charge >= 0.3 is 0 Å². The normalized spacial score (nSPS) is 15.6. The van der Waals surface area contributed by atoms with Crippen molar-refractivity contribution in [3.8, 4) is 0 Å². The summed E-state index contributed by atoms with van der Waals surface area (Å²) in [4.78, 5) is 10.4. The topological polar surface area (TPSA) is 43.1 Å². The van der Waals surface area contributed by atoms with Gasteiger partial charge in [0.15, 0.2) is 0 Å². The van der Waals surface area contributed by atoms with Gasteiger partial charge in [-0.05, 0) is 43.7 Å². The molecule has 74 valence electrons. The maximum atomic E-state index is 10.7. The van der Waals surface area contributed by atoms with E-state index in [1.165, 1.54) is 18.4 Å². The van der Waals surface area contributed by atoms with Crippen LogP contribution in [0.1, 0.15) is 35.4 Å². The second kappa shape index (κ2) is 3.08. The second-order valence-electron chi connectivity index (χ2n) is 3.96. The van der Waals surface area contributed by atoms with Crippen molar-refractivity contribution in [1.82, 2.24) is 0 Å². The summed E-state index contributed by atoms with van der Waals surface area (Å²) in [6.07, 6.45) is 2.47. The monoisotopic (exact) mass is 191 g/mol. The molecule has 3 nitrogen and oxygen atoms in total. The van der Waals surface area contributed by atoms with Crippen LogP contribution in [0.3, 0.4) is 0 Å². The Morgan fingerprint density at radius 2 is 1.93 bits per heavy atom. The zero-order valence-electron chi connectivity index (χ0n) is 8.41. The molecule has 0 aromatic heterocycles. The van der Waals surface area contributed by atoms with Gasteiger partial charge < -0.3 is 0 Å². The lowest BCUT2D eigenvalue weighted by Crippen LogP contribution is -1.97. The molecule has 1 aromatic rings. The Hall–Kier alpha value is -1.38. The molecule has 2 rings (SSSR count). The molecule has 0 spiro atoms. The van der Waals surface area contributed by atoms with E-state index < -0.39 is 0 Å². The highest BCUT2D eigenvalue weighted by molar-refractivity contribution is 5.49. The minimum absolute atomic E-state index is 0.243. The summed E-state index contributed by atoms with van der Waals surface area (Å²) in [7, 11) is 0. The first-order valence-corrected chi connectivity index (χ1v) is 4.85. The number of nitro groups is 1. The van der Waals surface area contributed by atoms with Crippen LogP contribution in [0.4, 0.5) is 5.69 Å². The van der Waals surface area contributed by atoms with E-state index in [-0.39, 0.29) is 10.6 Å². The second-order valence-corrected chi connectivity index (χ2v) is 3.96. The van der Waals surface area contributed by atoms with Crippen molar-refractivity contribution in [2.45, 2.75) is 32.6 Å². The van der Waals surface area contributed by atoms with Crippen molar-refractivity contribution < 1.29 is 4.92 Å². The number of hydrogen-bond acceptors (Lipinski definition) is 2. The lowest BCUT2D eigenvalue weighted by molar-refractivity contribution is -0.385. The maximum Gasteiger partial charge on any atom is 0.272 e. The number of benzene rings is 1. The van der Waals surface area contributed by atoms with E-state index in [1.807, 2.05) is 19.9 Å². The molecule has 1 fully saturated rings. The summed E-state index contributed by atoms with van der Waals surface area (Å²) < 4.78 is 0. The van der Waals surface area contributed by atoms with Crippen LogP contribution < -0.4 is 0 Å². The van der Waals surface area contributed by atoms with Crippen LogP contribution in [-0.4, -0.2) is 4.92 Å². The first-order valence-electron chi connectivity index (χ1n) is 4.85. The molecule has 0 heterocycles. The minimum Gasteiger partial charge on any atom is -0.258 e. The van der Waals surface area contributed by atoms with Gasteiger partial charge in [-0.1, -0.05) is 6.07 Å². The predicted molar refractivity (Wildman–Crippen MR) is 54.5 cm³/mol. The van der Waals surface area contributed by atoms with E-state index in [9.17, 15) is 10.1 Å². The molecule has 0 atom stereocenters. The van der Waals surface area contributed by atoms with Gasteiger partial charge in [0.1, 0.15) is 0 Å². The smallest absolute Gasteiger partial charge is 0.258 e. The quantitative estimate of drug-likeness (QED) is 0.532. The molecule has 0 aliphatic heterocycles. The van der Waals surface area contributed by atoms with Crippen molar-refractivity contribution in [2.75, 3.05) is 0 Å². The maximum absolute atomic E-state index is 10.7. The summed E-state index contributed by atoms with van der Waals surface area (Å²) in [6, 6.07) is 3.55. The van der Waals surface area contributed by atoms with Crippen molar-refractivity contribution in [2.24, 2.45) is 0 Å². The largest absolute Gasteiger partial charge is 0.272 e. The first kappa shape index (κ1) is 9.19. The fourth-order valence-electron chi connectivity index (χ4n) is 1.86. The Labute approximate surface area is 82.9 Å². The van der Waals surface area contributed by atoms with Gasteiger partial charge in [-0.3, -0.25) is 10.1 Å². The van der Waals surface area contributed by atoms with Gasteiger partial charge in [-0.25, -0.2) is 0 Å². The molecule has 0 unspecified atom stereocenters. The first-order chi connectivity index (χ1) is 6.61. The molecule has 0 saturated heterocycles. The van der Waals surface area contributed by atoms with Gasteiger partial charge in [0, 0.05) is 11.6 Å². The van der Waals surface area contributed by atoms with Crippen LogP contribution in [-0.2, 0) is 0 Å². The van der Waals surface area contributed by atoms with Crippen LogP contribution in [0.5, 0.6) is 0 Å². The van der Waals surface area contributed by atoms with E-state index in [0.717, 1.165) is 11.1 Å². The Kier molecular flexibility index (Phi) is 2.02. The Bertz CT molecular complexity index is 395. The van der Waals surface area contributed by atoms with Crippen LogP contribution in [0.2, 0.25) is 0 Å². The van der Waals surface area contributed by atoms with Crippen LogP contribution in [0.25, 0.3) is 0 Å². The number of nitro benzene ring substituents is 1. The molecule has 0 radical (unpaired) electrons. The fourth-order valence-corrected chi connectivity index (χ4v) is 1.86. The number of nitrogens with zero attached hydrogens (tertiary/aromatic N) is 1. The lowest BCUT2D eigenvalue weighted by Gasteiger charge is -2.07. The van der Waals surface area contributed by atoms with Gasteiger partial charge in [0.2, 0.25) is 0 Å². The van der Waals surface area contributed by atoms with E-state index in [4.69, 9.17) is 0 Å². The molecule has 1 aromatic carbocycles. The zero-order chi connectivity index (χ0) is 10.3. The predicted octanol–water partition coefficient (Wildman–Crippen LogP) is 3.09. The Balaban J connectivity index is 2.50. The average molecular weight is 191 g/mol. The summed E-state index contributed by atoms with van der Waals surface area (Å²) in [5.41, 5.74) is 3.46. The van der Waals surface area contributed by atoms with E-state index in [1.54, 1.807) is 6.07 Å². The lowest BCUT2D eigenvalue weighted by atomic mass is 9.98. The third-order valence-corrected chi connectivity index (χ3v) is 3.01. The molecule has 3 heteroatoms. The van der Waals surface area contributed by atoms with Crippen LogP contribution in [0, 0.1) is 24.0 Å². The van der Waals surface area contributed by atoms with Crippen molar-refractivity contribution in [3.63, 3.8) is 0 Å². The fraction of sp³-hybridized carbons (Fsp3) is 0.455. The molecule has 1 saturated carbocycles. The van der Waals surface area contributed by atoms with Gasteiger partial charge in [-0.2, -0.15) is 0 Å². The molecular weight excluding hydrogens is 178 g/mol. The number of rotatable bonds is 2.